The quantitative estimate of drug-likeness (QED) is 0.266. The first-order chi connectivity index (χ1) is 17.4. The van der Waals surface area contributed by atoms with Crippen LogP contribution in [0.3, 0.4) is 0 Å². The number of anilines is 2. The van der Waals surface area contributed by atoms with Gasteiger partial charge in [0.15, 0.2) is 0 Å². The first kappa shape index (κ1) is 19.8. The predicted octanol–water partition coefficient (Wildman–Crippen LogP) is 9.66. The number of hydrogen-bond acceptors (Lipinski definition) is 1. The topological polar surface area (TPSA) is 12.0 Å². The van der Waals surface area contributed by atoms with E-state index in [1.54, 1.807) is 0 Å². The van der Waals surface area contributed by atoms with Crippen LogP contribution in [0.1, 0.15) is 0 Å². The van der Waals surface area contributed by atoms with Crippen molar-refractivity contribution in [3.8, 4) is 22.3 Å². The minimum absolute atomic E-state index is 1.09. The van der Waals surface area contributed by atoms with Gasteiger partial charge < -0.3 is 5.32 Å². The third kappa shape index (κ3) is 3.25. The summed E-state index contributed by atoms with van der Waals surface area (Å²) in [6, 6.07) is 47.8. The molecule has 0 aliphatic heterocycles. The van der Waals surface area contributed by atoms with Crippen LogP contribution in [0.4, 0.5) is 11.4 Å². The van der Waals surface area contributed by atoms with Crippen LogP contribution in [0, 0.1) is 0 Å². The summed E-state index contributed by atoms with van der Waals surface area (Å²) < 4.78 is 0. The molecule has 0 unspecified atom stereocenters. The average molecular weight is 446 g/mol. The number of benzene rings is 7. The maximum atomic E-state index is 3.71. The van der Waals surface area contributed by atoms with E-state index in [1.807, 2.05) is 0 Å². The van der Waals surface area contributed by atoms with Crippen LogP contribution in [0.25, 0.3) is 54.6 Å². The number of hydrogen-bond donors (Lipinski definition) is 1. The molecule has 7 aromatic rings. The van der Waals surface area contributed by atoms with Gasteiger partial charge in [-0.3, -0.25) is 0 Å². The molecule has 0 aliphatic carbocycles. The SMILES string of the molecule is c1ccc(Nc2cc(-c3ccccc3)c3ccc4c(-c5ccccc5)ccc5ccc2c3c54)cc1. The second-order valence-corrected chi connectivity index (χ2v) is 9.05. The first-order valence-corrected chi connectivity index (χ1v) is 12.0. The Labute approximate surface area is 204 Å². The smallest absolute Gasteiger partial charge is 0.0470 e. The summed E-state index contributed by atoms with van der Waals surface area (Å²) in [7, 11) is 0. The van der Waals surface area contributed by atoms with Gasteiger partial charge >= 0.3 is 0 Å². The minimum Gasteiger partial charge on any atom is -0.355 e. The fraction of sp³-hybridized carbons (Fsp3) is 0. The summed E-state index contributed by atoms with van der Waals surface area (Å²) in [5, 5.41) is 11.5. The Bertz CT molecular complexity index is 1790. The van der Waals surface area contributed by atoms with Gasteiger partial charge in [-0.1, -0.05) is 115 Å². The molecule has 0 saturated carbocycles. The zero-order chi connectivity index (χ0) is 23.2. The molecule has 0 atom stereocenters. The Hall–Kier alpha value is -4.62. The fourth-order valence-corrected chi connectivity index (χ4v) is 5.40. The van der Waals surface area contributed by atoms with Gasteiger partial charge in [0.25, 0.3) is 0 Å². The molecule has 0 heterocycles. The minimum atomic E-state index is 1.09. The molecule has 0 amide bonds. The normalized spacial score (nSPS) is 11.4. The van der Waals surface area contributed by atoms with Crippen LogP contribution in [0.15, 0.2) is 133 Å². The second-order valence-electron chi connectivity index (χ2n) is 9.05. The molecule has 0 radical (unpaired) electrons. The highest BCUT2D eigenvalue weighted by molar-refractivity contribution is 6.29. The van der Waals surface area contributed by atoms with E-state index in [9.17, 15) is 0 Å². The molecular formula is C34H23N. The van der Waals surface area contributed by atoms with Crippen molar-refractivity contribution in [2.45, 2.75) is 0 Å². The lowest BCUT2D eigenvalue weighted by Gasteiger charge is -2.20. The standard InChI is InChI=1S/C34H23N/c1-4-10-23(11-5-1)27-18-16-25-17-19-30-32(35-26-14-8-3-9-15-26)22-31(24-12-6-2-7-13-24)29-21-20-28(27)33(25)34(29)30/h1-22,35H. The summed E-state index contributed by atoms with van der Waals surface area (Å²) in [6.45, 7) is 0. The number of para-hydroxylation sites is 1. The second kappa shape index (κ2) is 8.00. The molecule has 0 fully saturated rings. The van der Waals surface area contributed by atoms with Crippen LogP contribution in [0.5, 0.6) is 0 Å². The summed E-state index contributed by atoms with van der Waals surface area (Å²) in [4.78, 5) is 0. The number of rotatable bonds is 4. The average Bonchev–Trinajstić information content (AvgIpc) is 2.93. The summed E-state index contributed by atoms with van der Waals surface area (Å²) >= 11 is 0. The molecule has 164 valence electrons. The summed E-state index contributed by atoms with van der Waals surface area (Å²) in [5.74, 6) is 0. The van der Waals surface area contributed by atoms with E-state index in [2.05, 4.69) is 139 Å². The third-order valence-electron chi connectivity index (χ3n) is 7.00. The molecule has 1 heteroatoms. The van der Waals surface area contributed by atoms with Crippen molar-refractivity contribution in [1.29, 1.82) is 0 Å². The zero-order valence-corrected chi connectivity index (χ0v) is 19.2. The van der Waals surface area contributed by atoms with E-state index in [0.29, 0.717) is 0 Å². The lowest BCUT2D eigenvalue weighted by atomic mass is 9.86. The van der Waals surface area contributed by atoms with E-state index >= 15 is 0 Å². The van der Waals surface area contributed by atoms with Gasteiger partial charge in [0.05, 0.1) is 0 Å². The van der Waals surface area contributed by atoms with Gasteiger partial charge in [-0.2, -0.15) is 0 Å². The van der Waals surface area contributed by atoms with E-state index in [4.69, 9.17) is 0 Å². The third-order valence-corrected chi connectivity index (χ3v) is 7.00. The van der Waals surface area contributed by atoms with Crippen molar-refractivity contribution in [3.05, 3.63) is 133 Å². The highest BCUT2D eigenvalue weighted by Crippen LogP contribution is 2.45. The lowest BCUT2D eigenvalue weighted by Crippen LogP contribution is -1.95. The summed E-state index contributed by atoms with van der Waals surface area (Å²) in [6.07, 6.45) is 0. The molecule has 1 nitrogen and oxygen atoms in total. The van der Waals surface area contributed by atoms with Crippen LogP contribution in [-0.4, -0.2) is 0 Å². The number of nitrogens with one attached hydrogen (secondary N) is 1. The van der Waals surface area contributed by atoms with Gasteiger partial charge in [0, 0.05) is 22.1 Å². The first-order valence-electron chi connectivity index (χ1n) is 12.0. The maximum Gasteiger partial charge on any atom is 0.0470 e. The maximum absolute atomic E-state index is 3.71. The van der Waals surface area contributed by atoms with Crippen molar-refractivity contribution in [2.24, 2.45) is 0 Å². The Balaban J connectivity index is 1.60. The molecule has 0 spiro atoms. The van der Waals surface area contributed by atoms with Crippen molar-refractivity contribution < 1.29 is 0 Å². The Morgan fingerprint density at radius 3 is 1.63 bits per heavy atom. The Morgan fingerprint density at radius 1 is 0.400 bits per heavy atom. The molecule has 0 aliphatic rings. The fourth-order valence-electron chi connectivity index (χ4n) is 5.40. The van der Waals surface area contributed by atoms with Crippen molar-refractivity contribution in [3.63, 3.8) is 0 Å². The molecule has 0 bridgehead atoms. The van der Waals surface area contributed by atoms with Gasteiger partial charge in [0.2, 0.25) is 0 Å². The Morgan fingerprint density at radius 2 is 0.943 bits per heavy atom. The van der Waals surface area contributed by atoms with Gasteiger partial charge in [0.1, 0.15) is 0 Å². The van der Waals surface area contributed by atoms with Crippen molar-refractivity contribution in [2.75, 3.05) is 5.32 Å². The highest BCUT2D eigenvalue weighted by atomic mass is 14.9. The van der Waals surface area contributed by atoms with Gasteiger partial charge in [-0.15, -0.1) is 0 Å². The van der Waals surface area contributed by atoms with Crippen LogP contribution in [-0.2, 0) is 0 Å². The largest absolute Gasteiger partial charge is 0.355 e. The van der Waals surface area contributed by atoms with Crippen molar-refractivity contribution >= 4 is 43.7 Å². The highest BCUT2D eigenvalue weighted by Gasteiger charge is 2.17. The lowest BCUT2D eigenvalue weighted by molar-refractivity contribution is 1.58. The van der Waals surface area contributed by atoms with Gasteiger partial charge in [-0.25, -0.2) is 0 Å². The van der Waals surface area contributed by atoms with E-state index < -0.39 is 0 Å². The molecule has 7 rings (SSSR count). The Kier molecular flexibility index (Phi) is 4.53. The molecule has 0 saturated heterocycles. The van der Waals surface area contributed by atoms with E-state index in [0.717, 1.165) is 11.4 Å². The van der Waals surface area contributed by atoms with Crippen LogP contribution in [0.2, 0.25) is 0 Å². The zero-order valence-electron chi connectivity index (χ0n) is 19.2. The van der Waals surface area contributed by atoms with E-state index in [-0.39, 0.29) is 0 Å². The molecule has 7 aromatic carbocycles. The summed E-state index contributed by atoms with van der Waals surface area (Å²) in [5.41, 5.74) is 7.21. The van der Waals surface area contributed by atoms with E-state index in [1.165, 1.54) is 54.6 Å². The van der Waals surface area contributed by atoms with Crippen molar-refractivity contribution in [1.82, 2.24) is 0 Å². The molecule has 1 N–H and O–H groups in total. The molecular weight excluding hydrogens is 422 g/mol. The van der Waals surface area contributed by atoms with Gasteiger partial charge in [-0.05, 0) is 62.0 Å². The monoisotopic (exact) mass is 445 g/mol. The van der Waals surface area contributed by atoms with Crippen LogP contribution >= 0.6 is 0 Å². The van der Waals surface area contributed by atoms with Crippen LogP contribution < -0.4 is 5.32 Å². The molecule has 35 heavy (non-hydrogen) atoms. The predicted molar refractivity (Wildman–Crippen MR) is 151 cm³/mol. The molecule has 0 aromatic heterocycles.